The highest BCUT2D eigenvalue weighted by Gasteiger charge is 2.27. The molecule has 5 nitrogen and oxygen atoms in total. The molecule has 1 aliphatic rings. The number of benzene rings is 1. The molecule has 1 aromatic rings. The summed E-state index contributed by atoms with van der Waals surface area (Å²) in [5.74, 6) is 0.956. The first-order valence-corrected chi connectivity index (χ1v) is 10.1. The van der Waals surface area contributed by atoms with Crippen molar-refractivity contribution in [2.75, 3.05) is 24.6 Å². The molecule has 0 aromatic heterocycles. The molecular weight excluding hydrogens is 456 g/mol. The lowest BCUT2D eigenvalue weighted by Gasteiger charge is -2.19. The van der Waals surface area contributed by atoms with Gasteiger partial charge in [0.15, 0.2) is 15.8 Å². The summed E-state index contributed by atoms with van der Waals surface area (Å²) in [5, 5.41) is 6.40. The highest BCUT2D eigenvalue weighted by molar-refractivity contribution is 14.0. The SMILES string of the molecule is CCNC(=NCC1CCS(=O)(=O)C1)NC(C)c1ccc(C)c(F)c1.I. The number of aryl methyl sites for hydroxylation is 1. The van der Waals surface area contributed by atoms with E-state index < -0.39 is 9.84 Å². The third-order valence-electron chi connectivity index (χ3n) is 4.23. The third-order valence-corrected chi connectivity index (χ3v) is 6.06. The van der Waals surface area contributed by atoms with E-state index in [2.05, 4.69) is 15.6 Å². The molecule has 1 saturated heterocycles. The van der Waals surface area contributed by atoms with Crippen molar-refractivity contribution in [2.24, 2.45) is 10.9 Å². The molecule has 142 valence electrons. The molecular formula is C17H27FIN3O2S. The monoisotopic (exact) mass is 483 g/mol. The largest absolute Gasteiger partial charge is 0.357 e. The van der Waals surface area contributed by atoms with Gasteiger partial charge in [-0.05, 0) is 50.3 Å². The van der Waals surface area contributed by atoms with E-state index in [9.17, 15) is 12.8 Å². The van der Waals surface area contributed by atoms with Gasteiger partial charge in [0.25, 0.3) is 0 Å². The van der Waals surface area contributed by atoms with Gasteiger partial charge in [0.05, 0.1) is 17.5 Å². The molecule has 8 heteroatoms. The first kappa shape index (κ1) is 22.1. The molecule has 2 atom stereocenters. The fourth-order valence-corrected chi connectivity index (χ4v) is 4.57. The number of nitrogens with zero attached hydrogens (tertiary/aromatic N) is 1. The van der Waals surface area contributed by atoms with Crippen LogP contribution in [-0.4, -0.2) is 39.0 Å². The van der Waals surface area contributed by atoms with Gasteiger partial charge < -0.3 is 10.6 Å². The molecule has 0 bridgehead atoms. The number of nitrogens with one attached hydrogen (secondary N) is 2. The van der Waals surface area contributed by atoms with E-state index in [1.54, 1.807) is 13.0 Å². The standard InChI is InChI=1S/C17H26FN3O2S.HI/c1-4-19-17(20-10-14-7-8-24(22,23)11-14)21-13(3)15-6-5-12(2)16(18)9-15;/h5-6,9,13-14H,4,7-8,10-11H2,1-3H3,(H2,19,20,21);1H. The minimum absolute atomic E-state index is 0. The number of sulfone groups is 1. The van der Waals surface area contributed by atoms with Crippen LogP contribution in [-0.2, 0) is 9.84 Å². The fraction of sp³-hybridized carbons (Fsp3) is 0.588. The van der Waals surface area contributed by atoms with Crippen molar-refractivity contribution in [3.8, 4) is 0 Å². The van der Waals surface area contributed by atoms with Crippen molar-refractivity contribution >= 4 is 39.8 Å². The number of hydrogen-bond donors (Lipinski definition) is 2. The van der Waals surface area contributed by atoms with Crippen molar-refractivity contribution < 1.29 is 12.8 Å². The Morgan fingerprint density at radius 1 is 1.44 bits per heavy atom. The second-order valence-corrected chi connectivity index (χ2v) is 8.59. The Bertz CT molecular complexity index is 710. The maximum Gasteiger partial charge on any atom is 0.191 e. The summed E-state index contributed by atoms with van der Waals surface area (Å²) >= 11 is 0. The summed E-state index contributed by atoms with van der Waals surface area (Å²) in [6.45, 7) is 6.82. The molecule has 0 saturated carbocycles. The quantitative estimate of drug-likeness (QED) is 0.384. The van der Waals surface area contributed by atoms with Crippen LogP contribution in [0.3, 0.4) is 0 Å². The predicted molar refractivity (Wildman–Crippen MR) is 111 cm³/mol. The Hall–Kier alpha value is -0.900. The van der Waals surface area contributed by atoms with Crippen LogP contribution in [0.2, 0.25) is 0 Å². The second kappa shape index (κ2) is 9.70. The Kier molecular flexibility index (Phi) is 8.59. The minimum Gasteiger partial charge on any atom is -0.357 e. The van der Waals surface area contributed by atoms with Crippen LogP contribution < -0.4 is 10.6 Å². The lowest BCUT2D eigenvalue weighted by Crippen LogP contribution is -2.39. The Morgan fingerprint density at radius 2 is 2.16 bits per heavy atom. The normalized spacial score (nSPS) is 20.6. The summed E-state index contributed by atoms with van der Waals surface area (Å²) in [6.07, 6.45) is 0.671. The van der Waals surface area contributed by atoms with Crippen molar-refractivity contribution in [3.63, 3.8) is 0 Å². The maximum absolute atomic E-state index is 13.7. The van der Waals surface area contributed by atoms with Gasteiger partial charge in [-0.15, -0.1) is 24.0 Å². The third kappa shape index (κ3) is 6.73. The molecule has 0 radical (unpaired) electrons. The highest BCUT2D eigenvalue weighted by atomic mass is 127. The van der Waals surface area contributed by atoms with Crippen molar-refractivity contribution in [3.05, 3.63) is 35.1 Å². The van der Waals surface area contributed by atoms with Gasteiger partial charge in [0.1, 0.15) is 5.82 Å². The van der Waals surface area contributed by atoms with E-state index >= 15 is 0 Å². The van der Waals surface area contributed by atoms with E-state index in [1.807, 2.05) is 19.9 Å². The number of guanidine groups is 1. The molecule has 2 N–H and O–H groups in total. The summed E-state index contributed by atoms with van der Waals surface area (Å²) in [5.41, 5.74) is 1.46. The number of halogens is 2. The van der Waals surface area contributed by atoms with E-state index in [-0.39, 0.29) is 53.3 Å². The zero-order valence-electron chi connectivity index (χ0n) is 14.9. The van der Waals surface area contributed by atoms with Crippen LogP contribution in [0.1, 0.15) is 37.4 Å². The van der Waals surface area contributed by atoms with Crippen LogP contribution in [0, 0.1) is 18.7 Å². The lowest BCUT2D eigenvalue weighted by atomic mass is 10.1. The molecule has 25 heavy (non-hydrogen) atoms. The summed E-state index contributed by atoms with van der Waals surface area (Å²) < 4.78 is 36.8. The molecule has 2 unspecified atom stereocenters. The summed E-state index contributed by atoms with van der Waals surface area (Å²) in [4.78, 5) is 4.50. The summed E-state index contributed by atoms with van der Waals surface area (Å²) in [7, 11) is -2.88. The zero-order valence-corrected chi connectivity index (χ0v) is 18.0. The van der Waals surface area contributed by atoms with E-state index in [0.717, 1.165) is 5.56 Å². The molecule has 0 aliphatic carbocycles. The maximum atomic E-state index is 13.7. The van der Waals surface area contributed by atoms with Gasteiger partial charge in [-0.25, -0.2) is 12.8 Å². The van der Waals surface area contributed by atoms with Gasteiger partial charge in [0.2, 0.25) is 0 Å². The van der Waals surface area contributed by atoms with Gasteiger partial charge in [-0.1, -0.05) is 12.1 Å². The highest BCUT2D eigenvalue weighted by Crippen LogP contribution is 2.19. The Balaban J connectivity index is 0.00000312. The van der Waals surface area contributed by atoms with Gasteiger partial charge in [-0.2, -0.15) is 0 Å². The number of hydrogen-bond acceptors (Lipinski definition) is 3. The van der Waals surface area contributed by atoms with Gasteiger partial charge >= 0.3 is 0 Å². The first-order valence-electron chi connectivity index (χ1n) is 8.32. The molecule has 1 heterocycles. The van der Waals surface area contributed by atoms with Gasteiger partial charge in [0, 0.05) is 13.1 Å². The second-order valence-electron chi connectivity index (χ2n) is 6.36. The molecule has 1 aliphatic heterocycles. The van der Waals surface area contributed by atoms with Crippen molar-refractivity contribution in [2.45, 2.75) is 33.2 Å². The smallest absolute Gasteiger partial charge is 0.191 e. The molecule has 0 amide bonds. The molecule has 1 fully saturated rings. The molecule has 2 rings (SSSR count). The summed E-state index contributed by atoms with van der Waals surface area (Å²) in [6, 6.07) is 5.07. The number of rotatable bonds is 5. The van der Waals surface area contributed by atoms with Crippen LogP contribution in [0.15, 0.2) is 23.2 Å². The predicted octanol–water partition coefficient (Wildman–Crippen LogP) is 2.80. The zero-order chi connectivity index (χ0) is 17.7. The van der Waals surface area contributed by atoms with Crippen LogP contribution in [0.25, 0.3) is 0 Å². The van der Waals surface area contributed by atoms with Crippen LogP contribution >= 0.6 is 24.0 Å². The van der Waals surface area contributed by atoms with E-state index in [1.165, 1.54) is 6.07 Å². The lowest BCUT2D eigenvalue weighted by molar-refractivity contribution is 0.587. The molecule has 1 aromatic carbocycles. The fourth-order valence-electron chi connectivity index (χ4n) is 2.72. The average Bonchev–Trinajstić information content (AvgIpc) is 2.87. The topological polar surface area (TPSA) is 70.6 Å². The number of aliphatic imine (C=N–C) groups is 1. The minimum atomic E-state index is -2.88. The average molecular weight is 483 g/mol. The van der Waals surface area contributed by atoms with E-state index in [4.69, 9.17) is 0 Å². The van der Waals surface area contributed by atoms with Crippen LogP contribution in [0.5, 0.6) is 0 Å². The van der Waals surface area contributed by atoms with Crippen LogP contribution in [0.4, 0.5) is 4.39 Å². The first-order chi connectivity index (χ1) is 11.3. The van der Waals surface area contributed by atoms with Crippen molar-refractivity contribution in [1.29, 1.82) is 0 Å². The Morgan fingerprint density at radius 3 is 2.72 bits per heavy atom. The molecule has 0 spiro atoms. The van der Waals surface area contributed by atoms with Crippen molar-refractivity contribution in [1.82, 2.24) is 10.6 Å². The van der Waals surface area contributed by atoms with Gasteiger partial charge in [-0.3, -0.25) is 4.99 Å². The Labute approximate surface area is 166 Å². The van der Waals surface area contributed by atoms with E-state index in [0.29, 0.717) is 31.0 Å².